The molecule has 2 aromatic heterocycles. The summed E-state index contributed by atoms with van der Waals surface area (Å²) in [5.74, 6) is -0.443. The van der Waals surface area contributed by atoms with Crippen LogP contribution in [0.5, 0.6) is 0 Å². The van der Waals surface area contributed by atoms with Gasteiger partial charge in [-0.25, -0.2) is 4.98 Å². The Hall–Kier alpha value is -3.35. The number of para-hydroxylation sites is 1. The molecule has 0 aliphatic heterocycles. The number of furan rings is 1. The zero-order chi connectivity index (χ0) is 17.5. The third-order valence-electron chi connectivity index (χ3n) is 3.60. The third kappa shape index (κ3) is 4.35. The Bertz CT molecular complexity index is 826. The Morgan fingerprint density at radius 1 is 1.12 bits per heavy atom. The Kier molecular flexibility index (Phi) is 5.26. The van der Waals surface area contributed by atoms with Crippen molar-refractivity contribution in [1.82, 2.24) is 14.9 Å². The van der Waals surface area contributed by atoms with Gasteiger partial charge in [-0.3, -0.25) is 9.59 Å². The third-order valence-corrected chi connectivity index (χ3v) is 3.60. The van der Waals surface area contributed by atoms with Crippen LogP contribution >= 0.6 is 0 Å². The van der Waals surface area contributed by atoms with Crippen LogP contribution in [0.1, 0.15) is 27.3 Å². The van der Waals surface area contributed by atoms with Gasteiger partial charge in [0.15, 0.2) is 5.76 Å². The number of carbonyl (C=O) groups is 2. The lowest BCUT2D eigenvalue weighted by molar-refractivity contribution is 0.0953. The van der Waals surface area contributed by atoms with E-state index in [1.165, 1.54) is 6.26 Å². The normalized spacial score (nSPS) is 10.4. The SMILES string of the molecule is O=C(Nc1ccccc1C(=O)NCCCn1ccnc1)c1ccco1. The Labute approximate surface area is 144 Å². The number of aryl methyl sites for hydroxylation is 1. The lowest BCUT2D eigenvalue weighted by Crippen LogP contribution is -2.26. The fourth-order valence-corrected chi connectivity index (χ4v) is 2.36. The highest BCUT2D eigenvalue weighted by Gasteiger charge is 2.15. The van der Waals surface area contributed by atoms with Crippen molar-refractivity contribution in [2.75, 3.05) is 11.9 Å². The standard InChI is InChI=1S/C18H18N4O3/c23-17(20-8-4-10-22-11-9-19-13-22)14-5-1-2-6-15(14)21-18(24)16-7-3-12-25-16/h1-3,5-7,9,11-13H,4,8,10H2,(H,20,23)(H,21,24). The van der Waals surface area contributed by atoms with Gasteiger partial charge in [-0.2, -0.15) is 0 Å². The summed E-state index contributed by atoms with van der Waals surface area (Å²) in [6.45, 7) is 1.30. The van der Waals surface area contributed by atoms with E-state index in [9.17, 15) is 9.59 Å². The maximum Gasteiger partial charge on any atom is 0.291 e. The zero-order valence-corrected chi connectivity index (χ0v) is 13.5. The second kappa shape index (κ2) is 7.96. The van der Waals surface area contributed by atoms with Crippen molar-refractivity contribution in [3.63, 3.8) is 0 Å². The van der Waals surface area contributed by atoms with E-state index in [0.717, 1.165) is 13.0 Å². The molecule has 0 unspecified atom stereocenters. The molecule has 0 radical (unpaired) electrons. The number of nitrogens with one attached hydrogen (secondary N) is 2. The predicted molar refractivity (Wildman–Crippen MR) is 92.3 cm³/mol. The number of amides is 2. The van der Waals surface area contributed by atoms with Gasteiger partial charge in [0.1, 0.15) is 0 Å². The minimum atomic E-state index is -0.398. The molecule has 0 spiro atoms. The lowest BCUT2D eigenvalue weighted by atomic mass is 10.1. The molecule has 1 aromatic carbocycles. The maximum atomic E-state index is 12.4. The first-order valence-corrected chi connectivity index (χ1v) is 7.92. The van der Waals surface area contributed by atoms with Gasteiger partial charge in [0.2, 0.25) is 0 Å². The molecule has 0 fully saturated rings. The molecule has 2 heterocycles. The van der Waals surface area contributed by atoms with Crippen LogP contribution in [0, 0.1) is 0 Å². The highest BCUT2D eigenvalue weighted by molar-refractivity contribution is 6.07. The molecular formula is C18H18N4O3. The molecule has 0 saturated carbocycles. The number of hydrogen-bond donors (Lipinski definition) is 2. The molecule has 25 heavy (non-hydrogen) atoms. The number of carbonyl (C=O) groups excluding carboxylic acids is 2. The van der Waals surface area contributed by atoms with Crippen LogP contribution in [0.15, 0.2) is 65.8 Å². The van der Waals surface area contributed by atoms with Gasteiger partial charge in [0, 0.05) is 25.5 Å². The van der Waals surface area contributed by atoms with Crippen LogP contribution in [0.25, 0.3) is 0 Å². The fourth-order valence-electron chi connectivity index (χ4n) is 2.36. The van der Waals surface area contributed by atoms with Gasteiger partial charge in [-0.05, 0) is 30.7 Å². The molecule has 0 bridgehead atoms. The fraction of sp³-hybridized carbons (Fsp3) is 0.167. The summed E-state index contributed by atoms with van der Waals surface area (Å²) in [5, 5.41) is 5.56. The van der Waals surface area contributed by atoms with Crippen molar-refractivity contribution in [1.29, 1.82) is 0 Å². The lowest BCUT2D eigenvalue weighted by Gasteiger charge is -2.11. The van der Waals surface area contributed by atoms with Crippen LogP contribution in [-0.2, 0) is 6.54 Å². The number of nitrogens with zero attached hydrogens (tertiary/aromatic N) is 2. The van der Waals surface area contributed by atoms with E-state index < -0.39 is 5.91 Å². The molecule has 0 saturated heterocycles. The van der Waals surface area contributed by atoms with E-state index in [2.05, 4.69) is 15.6 Å². The van der Waals surface area contributed by atoms with Crippen molar-refractivity contribution in [2.45, 2.75) is 13.0 Å². The molecule has 7 heteroatoms. The average Bonchev–Trinajstić information content (AvgIpc) is 3.32. The molecule has 0 atom stereocenters. The van der Waals surface area contributed by atoms with E-state index in [0.29, 0.717) is 17.8 Å². The monoisotopic (exact) mass is 338 g/mol. The summed E-state index contributed by atoms with van der Waals surface area (Å²) >= 11 is 0. The van der Waals surface area contributed by atoms with Gasteiger partial charge in [-0.15, -0.1) is 0 Å². The first-order chi connectivity index (χ1) is 12.2. The summed E-state index contributed by atoms with van der Waals surface area (Å²) in [6, 6.07) is 10.1. The number of anilines is 1. The van der Waals surface area contributed by atoms with E-state index >= 15 is 0 Å². The Morgan fingerprint density at radius 3 is 2.76 bits per heavy atom. The second-order valence-electron chi connectivity index (χ2n) is 5.39. The van der Waals surface area contributed by atoms with Crippen LogP contribution in [0.3, 0.4) is 0 Å². The molecule has 7 nitrogen and oxygen atoms in total. The van der Waals surface area contributed by atoms with Crippen molar-refractivity contribution < 1.29 is 14.0 Å². The molecule has 128 valence electrons. The highest BCUT2D eigenvalue weighted by Crippen LogP contribution is 2.16. The number of benzene rings is 1. The summed E-state index contributed by atoms with van der Waals surface area (Å²) in [6.07, 6.45) is 7.54. The summed E-state index contributed by atoms with van der Waals surface area (Å²) < 4.78 is 7.01. The van der Waals surface area contributed by atoms with Crippen molar-refractivity contribution in [3.05, 3.63) is 72.7 Å². The predicted octanol–water partition coefficient (Wildman–Crippen LogP) is 2.55. The smallest absolute Gasteiger partial charge is 0.291 e. The summed E-state index contributed by atoms with van der Waals surface area (Å²) in [4.78, 5) is 28.5. The average molecular weight is 338 g/mol. The molecule has 3 rings (SSSR count). The molecule has 3 aromatic rings. The number of hydrogen-bond acceptors (Lipinski definition) is 4. The molecule has 2 N–H and O–H groups in total. The Balaban J connectivity index is 1.57. The van der Waals surface area contributed by atoms with Crippen LogP contribution in [0.2, 0.25) is 0 Å². The number of imidazole rings is 1. The van der Waals surface area contributed by atoms with Crippen LogP contribution in [-0.4, -0.2) is 27.9 Å². The van der Waals surface area contributed by atoms with Crippen LogP contribution < -0.4 is 10.6 Å². The van der Waals surface area contributed by atoms with Gasteiger partial charge >= 0.3 is 0 Å². The van der Waals surface area contributed by atoms with Crippen molar-refractivity contribution >= 4 is 17.5 Å². The topological polar surface area (TPSA) is 89.2 Å². The minimum absolute atomic E-state index is 0.190. The van der Waals surface area contributed by atoms with Crippen molar-refractivity contribution in [3.8, 4) is 0 Å². The largest absolute Gasteiger partial charge is 0.459 e. The van der Waals surface area contributed by atoms with E-state index in [1.807, 2.05) is 10.8 Å². The van der Waals surface area contributed by atoms with Gasteiger partial charge < -0.3 is 19.6 Å². The van der Waals surface area contributed by atoms with E-state index in [1.54, 1.807) is 48.9 Å². The molecular weight excluding hydrogens is 320 g/mol. The maximum absolute atomic E-state index is 12.4. The first kappa shape index (κ1) is 16.5. The molecule has 2 amide bonds. The summed E-state index contributed by atoms with van der Waals surface area (Å²) in [7, 11) is 0. The number of rotatable bonds is 7. The minimum Gasteiger partial charge on any atom is -0.459 e. The Morgan fingerprint density at radius 2 is 2.00 bits per heavy atom. The van der Waals surface area contributed by atoms with E-state index in [-0.39, 0.29) is 11.7 Å². The second-order valence-corrected chi connectivity index (χ2v) is 5.39. The summed E-state index contributed by atoms with van der Waals surface area (Å²) in [5.41, 5.74) is 0.848. The van der Waals surface area contributed by atoms with Crippen LogP contribution in [0.4, 0.5) is 5.69 Å². The van der Waals surface area contributed by atoms with Gasteiger partial charge in [0.25, 0.3) is 11.8 Å². The first-order valence-electron chi connectivity index (χ1n) is 7.92. The van der Waals surface area contributed by atoms with Gasteiger partial charge in [-0.1, -0.05) is 12.1 Å². The molecule has 0 aliphatic carbocycles. The zero-order valence-electron chi connectivity index (χ0n) is 13.5. The molecule has 0 aliphatic rings. The van der Waals surface area contributed by atoms with Crippen molar-refractivity contribution in [2.24, 2.45) is 0 Å². The van der Waals surface area contributed by atoms with E-state index in [4.69, 9.17) is 4.42 Å². The number of aromatic nitrogens is 2. The quantitative estimate of drug-likeness (QED) is 0.648. The highest BCUT2D eigenvalue weighted by atomic mass is 16.3. The van der Waals surface area contributed by atoms with Gasteiger partial charge in [0.05, 0.1) is 23.8 Å².